The topological polar surface area (TPSA) is 63.3 Å². The number of benzene rings is 1. The Kier molecular flexibility index (Phi) is 3.36. The molecule has 92 valence electrons. The lowest BCUT2D eigenvalue weighted by atomic mass is 9.97. The van der Waals surface area contributed by atoms with E-state index < -0.39 is 5.91 Å². The normalized spacial score (nSPS) is 14.9. The average molecular weight is 233 g/mol. The number of aromatic hydroxyl groups is 1. The van der Waals surface area contributed by atoms with Gasteiger partial charge in [-0.15, -0.1) is 0 Å². The van der Waals surface area contributed by atoms with Crippen LogP contribution in [0.5, 0.6) is 5.75 Å². The number of primary amides is 1. The summed E-state index contributed by atoms with van der Waals surface area (Å²) in [7, 11) is 0. The van der Waals surface area contributed by atoms with Crippen LogP contribution < -0.4 is 5.73 Å². The van der Waals surface area contributed by atoms with Crippen LogP contribution in [0.3, 0.4) is 0 Å². The van der Waals surface area contributed by atoms with Gasteiger partial charge in [0.1, 0.15) is 5.75 Å². The summed E-state index contributed by atoms with van der Waals surface area (Å²) in [6.07, 6.45) is 5.24. The van der Waals surface area contributed by atoms with Crippen molar-refractivity contribution in [2.24, 2.45) is 5.73 Å². The van der Waals surface area contributed by atoms with Crippen molar-refractivity contribution < 1.29 is 9.90 Å². The van der Waals surface area contributed by atoms with Crippen molar-refractivity contribution in [3.63, 3.8) is 0 Å². The Morgan fingerprint density at radius 2 is 2.18 bits per heavy atom. The van der Waals surface area contributed by atoms with Crippen LogP contribution in [0.2, 0.25) is 0 Å². The Morgan fingerprint density at radius 1 is 1.47 bits per heavy atom. The van der Waals surface area contributed by atoms with Crippen LogP contribution in [0.15, 0.2) is 12.1 Å². The molecule has 1 saturated carbocycles. The van der Waals surface area contributed by atoms with E-state index in [4.69, 9.17) is 5.73 Å². The van der Waals surface area contributed by atoms with Crippen LogP contribution in [0, 0.1) is 0 Å². The first-order chi connectivity index (χ1) is 8.13. The molecule has 0 saturated heterocycles. The summed E-state index contributed by atoms with van der Waals surface area (Å²) < 4.78 is 0. The molecule has 0 aliphatic heterocycles. The number of nitrogens with two attached hydrogens (primary N) is 1. The quantitative estimate of drug-likeness (QED) is 0.821. The maximum absolute atomic E-state index is 11.3. The summed E-state index contributed by atoms with van der Waals surface area (Å²) in [5, 5.41) is 10.0. The number of hydrogen-bond acceptors (Lipinski definition) is 2. The predicted octanol–water partition coefficient (Wildman–Crippen LogP) is 2.71. The van der Waals surface area contributed by atoms with E-state index in [0.29, 0.717) is 5.92 Å². The molecular weight excluding hydrogens is 214 g/mol. The van der Waals surface area contributed by atoms with E-state index in [-0.39, 0.29) is 11.3 Å². The predicted molar refractivity (Wildman–Crippen MR) is 67.2 cm³/mol. The SMILES string of the molecule is CCCCc1cc(C2CC2)cc(C(N)=O)c1O. The molecule has 3 N–H and O–H groups in total. The van der Waals surface area contributed by atoms with E-state index >= 15 is 0 Å². The fourth-order valence-electron chi connectivity index (χ4n) is 2.12. The third kappa shape index (κ3) is 2.60. The molecule has 1 fully saturated rings. The highest BCUT2D eigenvalue weighted by molar-refractivity contribution is 5.96. The van der Waals surface area contributed by atoms with Crippen molar-refractivity contribution in [3.8, 4) is 5.75 Å². The molecule has 3 nitrogen and oxygen atoms in total. The van der Waals surface area contributed by atoms with Gasteiger partial charge in [0, 0.05) is 0 Å². The summed E-state index contributed by atoms with van der Waals surface area (Å²) in [6, 6.07) is 3.79. The molecule has 0 unspecified atom stereocenters. The maximum atomic E-state index is 11.3. The molecule has 3 heteroatoms. The molecule has 0 atom stereocenters. The number of aryl methyl sites for hydroxylation is 1. The van der Waals surface area contributed by atoms with Crippen molar-refractivity contribution in [1.82, 2.24) is 0 Å². The molecule has 1 aliphatic carbocycles. The average Bonchev–Trinajstić information content (AvgIpc) is 3.11. The van der Waals surface area contributed by atoms with Gasteiger partial charge in [0.25, 0.3) is 5.91 Å². The van der Waals surface area contributed by atoms with Gasteiger partial charge in [-0.2, -0.15) is 0 Å². The molecule has 1 aliphatic rings. The van der Waals surface area contributed by atoms with Gasteiger partial charge in [0.05, 0.1) is 5.56 Å². The first-order valence-corrected chi connectivity index (χ1v) is 6.29. The summed E-state index contributed by atoms with van der Waals surface area (Å²) >= 11 is 0. The minimum atomic E-state index is -0.539. The lowest BCUT2D eigenvalue weighted by Gasteiger charge is -2.10. The van der Waals surface area contributed by atoms with Gasteiger partial charge in [-0.3, -0.25) is 4.79 Å². The van der Waals surface area contributed by atoms with Gasteiger partial charge in [0.15, 0.2) is 0 Å². The van der Waals surface area contributed by atoms with Crippen molar-refractivity contribution >= 4 is 5.91 Å². The number of carbonyl (C=O) groups is 1. The number of rotatable bonds is 5. The van der Waals surface area contributed by atoms with E-state index in [0.717, 1.165) is 30.4 Å². The first-order valence-electron chi connectivity index (χ1n) is 6.29. The molecule has 0 heterocycles. The third-order valence-corrected chi connectivity index (χ3v) is 3.33. The van der Waals surface area contributed by atoms with Crippen LogP contribution in [0.25, 0.3) is 0 Å². The summed E-state index contributed by atoms with van der Waals surface area (Å²) in [6.45, 7) is 2.11. The van der Waals surface area contributed by atoms with Crippen LogP contribution in [0.1, 0.15) is 60.0 Å². The molecule has 0 bridgehead atoms. The molecule has 1 amide bonds. The molecule has 17 heavy (non-hydrogen) atoms. The van der Waals surface area contributed by atoms with Gasteiger partial charge < -0.3 is 10.8 Å². The van der Waals surface area contributed by atoms with Crippen molar-refractivity contribution in [1.29, 1.82) is 0 Å². The van der Waals surface area contributed by atoms with Gasteiger partial charge in [-0.25, -0.2) is 0 Å². The first kappa shape index (κ1) is 12.0. The van der Waals surface area contributed by atoms with Gasteiger partial charge in [-0.05, 0) is 48.8 Å². The van der Waals surface area contributed by atoms with Crippen LogP contribution in [0.4, 0.5) is 0 Å². The molecular formula is C14H19NO2. The fraction of sp³-hybridized carbons (Fsp3) is 0.500. The number of amides is 1. The molecule has 0 aromatic heterocycles. The summed E-state index contributed by atoms with van der Waals surface area (Å²) in [4.78, 5) is 11.3. The molecule has 0 spiro atoms. The summed E-state index contributed by atoms with van der Waals surface area (Å²) in [5.41, 5.74) is 7.60. The van der Waals surface area contributed by atoms with Crippen LogP contribution >= 0.6 is 0 Å². The zero-order valence-electron chi connectivity index (χ0n) is 10.2. The van der Waals surface area contributed by atoms with Crippen LogP contribution in [-0.2, 0) is 6.42 Å². The fourth-order valence-corrected chi connectivity index (χ4v) is 2.12. The highest BCUT2D eigenvalue weighted by atomic mass is 16.3. The number of unbranched alkanes of at least 4 members (excludes halogenated alkanes) is 1. The highest BCUT2D eigenvalue weighted by Crippen LogP contribution is 2.42. The third-order valence-electron chi connectivity index (χ3n) is 3.33. The standard InChI is InChI=1S/C14H19NO2/c1-2-3-4-10-7-11(9-5-6-9)8-12(13(10)16)14(15)17/h7-9,16H,2-6H2,1H3,(H2,15,17). The summed E-state index contributed by atoms with van der Waals surface area (Å²) in [5.74, 6) is 0.104. The zero-order valence-corrected chi connectivity index (χ0v) is 10.2. The van der Waals surface area contributed by atoms with E-state index in [9.17, 15) is 9.90 Å². The van der Waals surface area contributed by atoms with Gasteiger partial charge in [0.2, 0.25) is 0 Å². The second-order valence-corrected chi connectivity index (χ2v) is 4.82. The van der Waals surface area contributed by atoms with E-state index in [1.165, 1.54) is 12.8 Å². The highest BCUT2D eigenvalue weighted by Gasteiger charge is 2.26. The molecule has 1 aromatic carbocycles. The van der Waals surface area contributed by atoms with Crippen molar-refractivity contribution in [2.75, 3.05) is 0 Å². The monoisotopic (exact) mass is 233 g/mol. The second kappa shape index (κ2) is 4.78. The lowest BCUT2D eigenvalue weighted by molar-refractivity contribution is 0.0997. The molecule has 0 radical (unpaired) electrons. The Hall–Kier alpha value is -1.51. The van der Waals surface area contributed by atoms with E-state index in [1.807, 2.05) is 6.07 Å². The number of hydrogen-bond donors (Lipinski definition) is 2. The van der Waals surface area contributed by atoms with E-state index in [2.05, 4.69) is 6.92 Å². The van der Waals surface area contributed by atoms with Crippen molar-refractivity contribution in [3.05, 3.63) is 28.8 Å². The Balaban J connectivity index is 2.37. The van der Waals surface area contributed by atoms with Crippen LogP contribution in [-0.4, -0.2) is 11.0 Å². The minimum absolute atomic E-state index is 0.0790. The minimum Gasteiger partial charge on any atom is -0.507 e. The number of carbonyl (C=O) groups excluding carboxylic acids is 1. The zero-order chi connectivity index (χ0) is 12.4. The Bertz CT molecular complexity index is 436. The second-order valence-electron chi connectivity index (χ2n) is 4.82. The lowest BCUT2D eigenvalue weighted by Crippen LogP contribution is -2.12. The van der Waals surface area contributed by atoms with Gasteiger partial charge in [-0.1, -0.05) is 19.4 Å². The molecule has 2 rings (SSSR count). The Labute approximate surface area is 102 Å². The maximum Gasteiger partial charge on any atom is 0.252 e. The smallest absolute Gasteiger partial charge is 0.252 e. The Morgan fingerprint density at radius 3 is 2.71 bits per heavy atom. The number of phenols is 1. The largest absolute Gasteiger partial charge is 0.507 e. The van der Waals surface area contributed by atoms with Gasteiger partial charge >= 0.3 is 0 Å². The van der Waals surface area contributed by atoms with Crippen molar-refractivity contribution in [2.45, 2.75) is 44.9 Å². The van der Waals surface area contributed by atoms with E-state index in [1.54, 1.807) is 6.07 Å². The molecule has 1 aromatic rings.